The van der Waals surface area contributed by atoms with E-state index in [1.54, 1.807) is 55.6 Å². The molecule has 2 aromatic rings. The third-order valence-corrected chi connectivity index (χ3v) is 4.98. The molecule has 1 aromatic carbocycles. The minimum absolute atomic E-state index is 0.0244. The second-order valence-electron chi connectivity index (χ2n) is 6.66. The fourth-order valence-corrected chi connectivity index (χ4v) is 3.48. The van der Waals surface area contributed by atoms with Crippen LogP contribution in [0.3, 0.4) is 0 Å². The average Bonchev–Trinajstić information content (AvgIpc) is 2.72. The lowest BCUT2D eigenvalue weighted by Crippen LogP contribution is -2.42. The predicted molar refractivity (Wildman–Crippen MR) is 101 cm³/mol. The van der Waals surface area contributed by atoms with Crippen molar-refractivity contribution in [3.05, 3.63) is 53.3 Å². The maximum Gasteiger partial charge on any atom is 0.255 e. The van der Waals surface area contributed by atoms with Crippen LogP contribution in [-0.2, 0) is 0 Å². The molecule has 6 nitrogen and oxygen atoms in total. The van der Waals surface area contributed by atoms with Crippen molar-refractivity contribution >= 4 is 11.7 Å². The van der Waals surface area contributed by atoms with Gasteiger partial charge in [0.15, 0.2) is 17.3 Å². The molecule has 1 atom stereocenters. The van der Waals surface area contributed by atoms with Crippen molar-refractivity contribution in [1.82, 2.24) is 9.88 Å². The molecular weight excluding hydrogens is 344 g/mol. The van der Waals surface area contributed by atoms with Crippen molar-refractivity contribution in [2.45, 2.75) is 19.8 Å². The van der Waals surface area contributed by atoms with Gasteiger partial charge in [0.2, 0.25) is 0 Å². The number of methoxy groups -OCH3 is 2. The van der Waals surface area contributed by atoms with Gasteiger partial charge in [-0.3, -0.25) is 14.6 Å². The number of aryl methyl sites for hydroxylation is 1. The monoisotopic (exact) mass is 368 g/mol. The number of ether oxygens (including phenoxy) is 2. The van der Waals surface area contributed by atoms with Crippen LogP contribution in [0, 0.1) is 12.8 Å². The third kappa shape index (κ3) is 3.94. The van der Waals surface area contributed by atoms with E-state index >= 15 is 0 Å². The van der Waals surface area contributed by atoms with Crippen LogP contribution in [0.25, 0.3) is 0 Å². The summed E-state index contributed by atoms with van der Waals surface area (Å²) in [6, 6.07) is 8.72. The number of pyridine rings is 1. The molecule has 1 aliphatic rings. The number of hydrogen-bond acceptors (Lipinski definition) is 5. The minimum Gasteiger partial charge on any atom is -0.493 e. The number of aromatic nitrogens is 1. The Kier molecular flexibility index (Phi) is 5.74. The van der Waals surface area contributed by atoms with Gasteiger partial charge in [-0.05, 0) is 50.1 Å². The summed E-state index contributed by atoms with van der Waals surface area (Å²) in [4.78, 5) is 31.8. The van der Waals surface area contributed by atoms with Gasteiger partial charge in [0.25, 0.3) is 5.91 Å². The molecule has 1 unspecified atom stereocenters. The van der Waals surface area contributed by atoms with Crippen LogP contribution in [0.5, 0.6) is 11.5 Å². The van der Waals surface area contributed by atoms with Crippen molar-refractivity contribution in [1.29, 1.82) is 0 Å². The number of carbonyl (C=O) groups excluding carboxylic acids is 2. The molecule has 27 heavy (non-hydrogen) atoms. The predicted octanol–water partition coefficient (Wildman–Crippen LogP) is 3.14. The highest BCUT2D eigenvalue weighted by atomic mass is 16.5. The number of amides is 1. The van der Waals surface area contributed by atoms with Crippen LogP contribution in [0.2, 0.25) is 0 Å². The first-order chi connectivity index (χ1) is 13.0. The van der Waals surface area contributed by atoms with Gasteiger partial charge in [0, 0.05) is 36.5 Å². The number of ketones is 1. The van der Waals surface area contributed by atoms with Gasteiger partial charge in [0.1, 0.15) is 0 Å². The number of carbonyl (C=O) groups is 2. The van der Waals surface area contributed by atoms with E-state index in [1.165, 1.54) is 0 Å². The van der Waals surface area contributed by atoms with Crippen LogP contribution in [0.1, 0.15) is 39.3 Å². The van der Waals surface area contributed by atoms with Crippen LogP contribution in [0.15, 0.2) is 36.5 Å². The molecule has 0 spiro atoms. The van der Waals surface area contributed by atoms with Crippen LogP contribution in [0.4, 0.5) is 0 Å². The Hall–Kier alpha value is -2.89. The van der Waals surface area contributed by atoms with Crippen molar-refractivity contribution in [3.8, 4) is 11.5 Å². The van der Waals surface area contributed by atoms with E-state index in [-0.39, 0.29) is 17.6 Å². The fraction of sp³-hybridized carbons (Fsp3) is 0.381. The van der Waals surface area contributed by atoms with E-state index in [0.29, 0.717) is 41.4 Å². The van der Waals surface area contributed by atoms with E-state index in [2.05, 4.69) is 4.98 Å². The van der Waals surface area contributed by atoms with E-state index < -0.39 is 0 Å². The third-order valence-electron chi connectivity index (χ3n) is 4.98. The van der Waals surface area contributed by atoms with Gasteiger partial charge >= 0.3 is 0 Å². The zero-order chi connectivity index (χ0) is 19.4. The van der Waals surface area contributed by atoms with Crippen molar-refractivity contribution < 1.29 is 19.1 Å². The summed E-state index contributed by atoms with van der Waals surface area (Å²) in [5.41, 5.74) is 1.87. The molecule has 142 valence electrons. The molecule has 1 aromatic heterocycles. The van der Waals surface area contributed by atoms with Gasteiger partial charge in [-0.1, -0.05) is 0 Å². The van der Waals surface area contributed by atoms with E-state index in [9.17, 15) is 9.59 Å². The summed E-state index contributed by atoms with van der Waals surface area (Å²) in [5.74, 6) is 0.846. The zero-order valence-corrected chi connectivity index (χ0v) is 15.9. The number of piperidine rings is 1. The molecule has 3 rings (SSSR count). The van der Waals surface area contributed by atoms with Gasteiger partial charge in [-0.25, -0.2) is 0 Å². The van der Waals surface area contributed by atoms with Gasteiger partial charge < -0.3 is 14.4 Å². The molecule has 1 saturated heterocycles. The first-order valence-electron chi connectivity index (χ1n) is 9.02. The summed E-state index contributed by atoms with van der Waals surface area (Å²) in [6.45, 7) is 2.90. The van der Waals surface area contributed by atoms with Gasteiger partial charge in [-0.2, -0.15) is 0 Å². The molecule has 6 heteroatoms. The molecule has 0 aliphatic carbocycles. The lowest BCUT2D eigenvalue weighted by molar-refractivity contribution is 0.0636. The largest absolute Gasteiger partial charge is 0.493 e. The average molecular weight is 368 g/mol. The van der Waals surface area contributed by atoms with Crippen molar-refractivity contribution in [2.24, 2.45) is 5.92 Å². The Balaban J connectivity index is 1.77. The highest BCUT2D eigenvalue weighted by Gasteiger charge is 2.30. The Bertz CT molecular complexity index is 850. The van der Waals surface area contributed by atoms with E-state index in [1.807, 2.05) is 6.92 Å². The number of likely N-dealkylation sites (tertiary alicyclic amines) is 1. The standard InChI is InChI=1S/C21H24N2O4/c1-14-17(7-4-10-22-14)21(25)23-11-5-6-16(13-23)20(24)15-8-9-18(26-2)19(12-15)27-3/h4,7-10,12,16H,5-6,11,13H2,1-3H3. The lowest BCUT2D eigenvalue weighted by atomic mass is 9.89. The number of rotatable bonds is 5. The quantitative estimate of drug-likeness (QED) is 0.759. The maximum atomic E-state index is 13.0. The van der Waals surface area contributed by atoms with Crippen molar-refractivity contribution in [3.63, 3.8) is 0 Å². The summed E-state index contributed by atoms with van der Waals surface area (Å²) in [7, 11) is 3.10. The van der Waals surface area contributed by atoms with Crippen LogP contribution < -0.4 is 9.47 Å². The van der Waals surface area contributed by atoms with E-state index in [0.717, 1.165) is 12.8 Å². The summed E-state index contributed by atoms with van der Waals surface area (Å²) >= 11 is 0. The van der Waals surface area contributed by atoms with Crippen molar-refractivity contribution in [2.75, 3.05) is 27.3 Å². The smallest absolute Gasteiger partial charge is 0.255 e. The Morgan fingerprint density at radius 1 is 1.15 bits per heavy atom. The minimum atomic E-state index is -0.224. The first-order valence-corrected chi connectivity index (χ1v) is 9.02. The fourth-order valence-electron chi connectivity index (χ4n) is 3.48. The van der Waals surface area contributed by atoms with Crippen LogP contribution in [-0.4, -0.2) is 48.9 Å². The lowest BCUT2D eigenvalue weighted by Gasteiger charge is -2.32. The van der Waals surface area contributed by atoms with Gasteiger partial charge in [0.05, 0.1) is 19.8 Å². The number of hydrogen-bond donors (Lipinski definition) is 0. The maximum absolute atomic E-state index is 13.0. The van der Waals surface area contributed by atoms with E-state index in [4.69, 9.17) is 9.47 Å². The SMILES string of the molecule is COc1ccc(C(=O)C2CCCN(C(=O)c3cccnc3C)C2)cc1OC. The molecule has 0 saturated carbocycles. The highest BCUT2D eigenvalue weighted by Crippen LogP contribution is 2.30. The molecule has 1 amide bonds. The molecule has 1 fully saturated rings. The molecule has 0 radical (unpaired) electrons. The summed E-state index contributed by atoms with van der Waals surface area (Å²) in [6.07, 6.45) is 3.24. The highest BCUT2D eigenvalue weighted by molar-refractivity contribution is 6.00. The van der Waals surface area contributed by atoms with Gasteiger partial charge in [-0.15, -0.1) is 0 Å². The zero-order valence-electron chi connectivity index (χ0n) is 15.9. The Morgan fingerprint density at radius 3 is 2.63 bits per heavy atom. The summed E-state index contributed by atoms with van der Waals surface area (Å²) in [5, 5.41) is 0. The Morgan fingerprint density at radius 2 is 1.93 bits per heavy atom. The topological polar surface area (TPSA) is 68.7 Å². The number of Topliss-reactive ketones (excluding diaryl/α,β-unsaturated/α-hetero) is 1. The molecule has 2 heterocycles. The summed E-state index contributed by atoms with van der Waals surface area (Å²) < 4.78 is 10.5. The number of benzene rings is 1. The Labute approximate surface area is 159 Å². The number of nitrogens with zero attached hydrogens (tertiary/aromatic N) is 2. The molecule has 0 bridgehead atoms. The second kappa shape index (κ2) is 8.20. The first kappa shape index (κ1) is 18.9. The van der Waals surface area contributed by atoms with Crippen LogP contribution >= 0.6 is 0 Å². The molecular formula is C21H24N2O4. The molecule has 0 N–H and O–H groups in total. The molecule has 1 aliphatic heterocycles. The normalized spacial score (nSPS) is 16.7. The second-order valence-corrected chi connectivity index (χ2v) is 6.66.